The molecule has 0 unspecified atom stereocenters. The van der Waals surface area contributed by atoms with Crippen LogP contribution in [0.5, 0.6) is 0 Å². The third-order valence-electron chi connectivity index (χ3n) is 0.558. The Labute approximate surface area is 48.4 Å². The fourth-order valence-corrected chi connectivity index (χ4v) is 0.204. The van der Waals surface area contributed by atoms with E-state index in [1.807, 2.05) is 13.8 Å². The zero-order valence-corrected chi connectivity index (χ0v) is 5.70. The van der Waals surface area contributed by atoms with Gasteiger partial charge in [0.05, 0.1) is 0 Å². The maximum atomic E-state index is 5.14. The summed E-state index contributed by atoms with van der Waals surface area (Å²) in [6.07, 6.45) is 2.39. The number of nitrogens with two attached hydrogens (primary N) is 1. The van der Waals surface area contributed by atoms with E-state index in [0.29, 0.717) is 0 Å². The number of hydrogen-bond donors (Lipinski definition) is 1. The lowest BCUT2D eigenvalue weighted by Gasteiger charge is -1.80. The highest BCUT2D eigenvalue weighted by Crippen LogP contribution is 1.77. The van der Waals surface area contributed by atoms with Crippen LogP contribution in [0.25, 0.3) is 0 Å². The smallest absolute Gasteiger partial charge is 0 e. The van der Waals surface area contributed by atoms with Crippen LogP contribution >= 0.6 is 0 Å². The first-order chi connectivity index (χ1) is 3.41. The number of hydrogen-bond acceptors (Lipinski definition) is 1. The van der Waals surface area contributed by atoms with Crippen molar-refractivity contribution in [3.8, 4) is 0 Å². The molecule has 0 radical (unpaired) electrons. The molecular formula is C6H19N. The molecule has 0 rings (SSSR count). The van der Waals surface area contributed by atoms with Crippen LogP contribution in [0.1, 0.15) is 35.0 Å². The van der Waals surface area contributed by atoms with E-state index in [9.17, 15) is 0 Å². The maximum Gasteiger partial charge on any atom is 0 e. The van der Waals surface area contributed by atoms with Gasteiger partial charge in [0.1, 0.15) is 0 Å². The first-order valence-electron chi connectivity index (χ1n) is 3.12. The molecule has 1 nitrogen and oxygen atoms in total. The predicted molar refractivity (Wildman–Crippen MR) is 37.4 cm³/mol. The third kappa shape index (κ3) is 24.3. The molecule has 0 aromatic carbocycles. The van der Waals surface area contributed by atoms with Crippen LogP contribution in [0.15, 0.2) is 0 Å². The average Bonchev–Trinajstić information content (AvgIpc) is 1.75. The minimum absolute atomic E-state index is 0. The molecule has 0 aliphatic carbocycles. The standard InChI is InChI=1S/C4H11N.C2H6.H2/c1-2-3-4-5;1-2;/h2-5H2,1H3;1-2H3;1H. The van der Waals surface area contributed by atoms with Gasteiger partial charge in [-0.15, -0.1) is 0 Å². The Bertz CT molecular complexity index is 16.0. The summed E-state index contributed by atoms with van der Waals surface area (Å²) >= 11 is 0. The summed E-state index contributed by atoms with van der Waals surface area (Å²) in [6, 6.07) is 0. The van der Waals surface area contributed by atoms with Crippen molar-refractivity contribution < 1.29 is 1.43 Å². The van der Waals surface area contributed by atoms with Crippen molar-refractivity contribution in [1.29, 1.82) is 0 Å². The zero-order chi connectivity index (χ0) is 6.12. The fraction of sp³-hybridized carbons (Fsp3) is 1.00. The van der Waals surface area contributed by atoms with Crippen LogP contribution in [0, 0.1) is 0 Å². The highest BCUT2D eigenvalue weighted by molar-refractivity contribution is 4.29. The predicted octanol–water partition coefficient (Wildman–Crippen LogP) is 2.02. The molecular weight excluding hydrogens is 86.1 g/mol. The van der Waals surface area contributed by atoms with E-state index >= 15 is 0 Å². The Morgan fingerprint density at radius 2 is 1.86 bits per heavy atom. The minimum Gasteiger partial charge on any atom is -0.330 e. The molecule has 0 spiro atoms. The van der Waals surface area contributed by atoms with Gasteiger partial charge in [0.2, 0.25) is 0 Å². The van der Waals surface area contributed by atoms with Gasteiger partial charge in [-0.3, -0.25) is 0 Å². The second-order valence-electron chi connectivity index (χ2n) is 1.14. The summed E-state index contributed by atoms with van der Waals surface area (Å²) in [4.78, 5) is 0. The molecule has 0 heterocycles. The van der Waals surface area contributed by atoms with Gasteiger partial charge in [0.15, 0.2) is 0 Å². The van der Waals surface area contributed by atoms with Crippen molar-refractivity contribution in [1.82, 2.24) is 0 Å². The van der Waals surface area contributed by atoms with Crippen LogP contribution in [0.3, 0.4) is 0 Å². The molecule has 0 aliphatic heterocycles. The summed E-state index contributed by atoms with van der Waals surface area (Å²) in [6.45, 7) is 6.98. The molecule has 0 saturated carbocycles. The van der Waals surface area contributed by atoms with Crippen LogP contribution in [-0.4, -0.2) is 6.54 Å². The monoisotopic (exact) mass is 105 g/mol. The van der Waals surface area contributed by atoms with Crippen LogP contribution < -0.4 is 5.73 Å². The second kappa shape index (κ2) is 16.7. The van der Waals surface area contributed by atoms with E-state index < -0.39 is 0 Å². The summed E-state index contributed by atoms with van der Waals surface area (Å²) in [5.74, 6) is 0. The van der Waals surface area contributed by atoms with Crippen LogP contribution in [-0.2, 0) is 0 Å². The van der Waals surface area contributed by atoms with E-state index in [-0.39, 0.29) is 1.43 Å². The Morgan fingerprint density at radius 3 is 1.86 bits per heavy atom. The summed E-state index contributed by atoms with van der Waals surface area (Å²) < 4.78 is 0. The molecule has 48 valence electrons. The maximum absolute atomic E-state index is 5.14. The molecule has 1 heteroatoms. The van der Waals surface area contributed by atoms with Gasteiger partial charge in [-0.2, -0.15) is 0 Å². The molecule has 0 atom stereocenters. The Morgan fingerprint density at radius 1 is 1.43 bits per heavy atom. The molecule has 0 fully saturated rings. The average molecular weight is 105 g/mol. The van der Waals surface area contributed by atoms with Gasteiger partial charge >= 0.3 is 0 Å². The zero-order valence-electron chi connectivity index (χ0n) is 5.70. The highest BCUT2D eigenvalue weighted by atomic mass is 14.5. The SMILES string of the molecule is CC.CCCCN.[HH]. The van der Waals surface area contributed by atoms with Crippen molar-refractivity contribution in [3.05, 3.63) is 0 Å². The normalized spacial score (nSPS) is 6.86. The molecule has 0 aliphatic rings. The molecule has 0 amide bonds. The lowest BCUT2D eigenvalue weighted by atomic mass is 10.3. The van der Waals surface area contributed by atoms with Crippen molar-refractivity contribution in [3.63, 3.8) is 0 Å². The van der Waals surface area contributed by atoms with E-state index in [1.54, 1.807) is 0 Å². The second-order valence-corrected chi connectivity index (χ2v) is 1.14. The molecule has 0 aromatic heterocycles. The number of rotatable bonds is 2. The summed E-state index contributed by atoms with van der Waals surface area (Å²) in [7, 11) is 0. The first-order valence-corrected chi connectivity index (χ1v) is 3.12. The summed E-state index contributed by atoms with van der Waals surface area (Å²) in [5.41, 5.74) is 5.14. The highest BCUT2D eigenvalue weighted by Gasteiger charge is 1.67. The first kappa shape index (κ1) is 10.0. The van der Waals surface area contributed by atoms with Crippen molar-refractivity contribution in [2.24, 2.45) is 5.73 Å². The van der Waals surface area contributed by atoms with Crippen molar-refractivity contribution >= 4 is 0 Å². The lowest BCUT2D eigenvalue weighted by molar-refractivity contribution is 0.807. The molecule has 0 saturated heterocycles. The quantitative estimate of drug-likeness (QED) is 0.571. The Hall–Kier alpha value is -0.0400. The van der Waals surface area contributed by atoms with Gasteiger partial charge < -0.3 is 5.73 Å². The van der Waals surface area contributed by atoms with E-state index in [2.05, 4.69) is 6.92 Å². The number of unbranched alkanes of at least 4 members (excludes halogenated alkanes) is 1. The van der Waals surface area contributed by atoms with Crippen molar-refractivity contribution in [2.45, 2.75) is 33.6 Å². The molecule has 2 N–H and O–H groups in total. The van der Waals surface area contributed by atoms with Gasteiger partial charge in [-0.25, -0.2) is 0 Å². The molecule has 7 heavy (non-hydrogen) atoms. The lowest BCUT2D eigenvalue weighted by Crippen LogP contribution is -1.95. The van der Waals surface area contributed by atoms with Crippen LogP contribution in [0.4, 0.5) is 0 Å². The van der Waals surface area contributed by atoms with Crippen molar-refractivity contribution in [2.75, 3.05) is 6.54 Å². The Kier molecular flexibility index (Phi) is 24.0. The van der Waals surface area contributed by atoms with Gasteiger partial charge in [0.25, 0.3) is 0 Å². The van der Waals surface area contributed by atoms with E-state index in [0.717, 1.165) is 6.54 Å². The molecule has 0 aromatic rings. The van der Waals surface area contributed by atoms with Crippen LogP contribution in [0.2, 0.25) is 0 Å². The minimum atomic E-state index is 0. The summed E-state index contributed by atoms with van der Waals surface area (Å²) in [5, 5.41) is 0. The topological polar surface area (TPSA) is 26.0 Å². The van der Waals surface area contributed by atoms with Gasteiger partial charge in [0, 0.05) is 1.43 Å². The largest absolute Gasteiger partial charge is 0.330 e. The third-order valence-corrected chi connectivity index (χ3v) is 0.558. The van der Waals surface area contributed by atoms with Gasteiger partial charge in [-0.1, -0.05) is 27.2 Å². The Balaban J connectivity index is -0.0000000750. The van der Waals surface area contributed by atoms with E-state index in [4.69, 9.17) is 5.73 Å². The fourth-order valence-electron chi connectivity index (χ4n) is 0.204. The van der Waals surface area contributed by atoms with E-state index in [1.165, 1.54) is 12.8 Å². The van der Waals surface area contributed by atoms with Gasteiger partial charge in [-0.05, 0) is 13.0 Å². The molecule has 0 bridgehead atoms.